The molecule has 0 radical (unpaired) electrons. The van der Waals surface area contributed by atoms with Gasteiger partial charge in [-0.2, -0.15) is 0 Å². The summed E-state index contributed by atoms with van der Waals surface area (Å²) in [6.07, 6.45) is 3.27. The highest BCUT2D eigenvalue weighted by Crippen LogP contribution is 2.47. The van der Waals surface area contributed by atoms with E-state index in [2.05, 4.69) is 13.8 Å². The number of hydrogen-bond donors (Lipinski definition) is 1. The minimum absolute atomic E-state index is 0.340. The molecule has 0 aromatic heterocycles. The van der Waals surface area contributed by atoms with E-state index in [9.17, 15) is 5.11 Å². The van der Waals surface area contributed by atoms with Gasteiger partial charge < -0.3 is 9.84 Å². The molecule has 112 valence electrons. The fourth-order valence-corrected chi connectivity index (χ4v) is 3.21. The van der Waals surface area contributed by atoms with Crippen LogP contribution >= 0.6 is 11.6 Å². The molecule has 0 saturated heterocycles. The van der Waals surface area contributed by atoms with Crippen LogP contribution in [0.4, 0.5) is 0 Å². The largest absolute Gasteiger partial charge is 0.385 e. The number of aliphatic hydroxyl groups excluding tert-OH is 1. The Hall–Kier alpha value is -0.570. The van der Waals surface area contributed by atoms with Gasteiger partial charge in [0.05, 0.1) is 5.60 Å². The fraction of sp³-hybridized carbons (Fsp3) is 0.647. The van der Waals surface area contributed by atoms with Crippen molar-refractivity contribution in [3.05, 3.63) is 34.3 Å². The van der Waals surface area contributed by atoms with Gasteiger partial charge in [0.1, 0.15) is 6.10 Å². The Labute approximate surface area is 127 Å². The summed E-state index contributed by atoms with van der Waals surface area (Å²) in [5.74, 6) is 0. The first-order valence-corrected chi connectivity index (χ1v) is 7.67. The van der Waals surface area contributed by atoms with Gasteiger partial charge in [-0.3, -0.25) is 0 Å². The summed E-state index contributed by atoms with van der Waals surface area (Å²) in [6, 6.07) is 5.77. The Kier molecular flexibility index (Phi) is 4.48. The Morgan fingerprint density at radius 2 is 1.80 bits per heavy atom. The summed E-state index contributed by atoms with van der Waals surface area (Å²) >= 11 is 6.18. The summed E-state index contributed by atoms with van der Waals surface area (Å²) in [5, 5.41) is 11.5. The number of methoxy groups -OCH3 is 1. The normalized spacial score (nSPS) is 22.5. The molecule has 0 aliphatic heterocycles. The summed E-state index contributed by atoms with van der Waals surface area (Å²) < 4.78 is 5.77. The lowest BCUT2D eigenvalue weighted by Gasteiger charge is -2.45. The standard InChI is InChI=1S/C17H25ClO2/c1-12-5-6-13(11-14(12)18)15(19)17(20-4)9-7-16(2,3)8-10-17/h5-6,11,15,19H,7-10H2,1-4H3. The van der Waals surface area contributed by atoms with E-state index in [1.165, 1.54) is 0 Å². The van der Waals surface area contributed by atoms with E-state index in [1.54, 1.807) is 7.11 Å². The van der Waals surface area contributed by atoms with Crippen LogP contribution in [0.5, 0.6) is 0 Å². The first kappa shape index (κ1) is 15.8. The molecule has 1 unspecified atom stereocenters. The Bertz CT molecular complexity index is 472. The molecule has 1 aromatic carbocycles. The highest BCUT2D eigenvalue weighted by Gasteiger charge is 2.44. The Morgan fingerprint density at radius 3 is 2.30 bits per heavy atom. The molecule has 0 spiro atoms. The average Bonchev–Trinajstić information content (AvgIpc) is 2.42. The smallest absolute Gasteiger partial charge is 0.108 e. The molecule has 1 aliphatic rings. The number of halogens is 1. The van der Waals surface area contributed by atoms with E-state index >= 15 is 0 Å². The van der Waals surface area contributed by atoms with Crippen LogP contribution in [0, 0.1) is 12.3 Å². The third-order valence-corrected chi connectivity index (χ3v) is 5.27. The van der Waals surface area contributed by atoms with Gasteiger partial charge in [-0.25, -0.2) is 0 Å². The van der Waals surface area contributed by atoms with Crippen LogP contribution in [-0.4, -0.2) is 17.8 Å². The van der Waals surface area contributed by atoms with E-state index in [0.717, 1.165) is 36.8 Å². The van der Waals surface area contributed by atoms with Crippen LogP contribution in [0.3, 0.4) is 0 Å². The summed E-state index contributed by atoms with van der Waals surface area (Å²) in [4.78, 5) is 0. The second-order valence-corrected chi connectivity index (χ2v) is 7.25. The third kappa shape index (κ3) is 3.03. The van der Waals surface area contributed by atoms with E-state index in [-0.39, 0.29) is 0 Å². The van der Waals surface area contributed by atoms with Crippen molar-refractivity contribution in [3.8, 4) is 0 Å². The minimum Gasteiger partial charge on any atom is -0.385 e. The molecule has 2 nitrogen and oxygen atoms in total. The van der Waals surface area contributed by atoms with Gasteiger partial charge in [0.25, 0.3) is 0 Å². The maximum absolute atomic E-state index is 10.8. The SMILES string of the molecule is COC1(C(O)c2ccc(C)c(Cl)c2)CCC(C)(C)CC1. The summed E-state index contributed by atoms with van der Waals surface area (Å²) in [7, 11) is 1.71. The molecule has 20 heavy (non-hydrogen) atoms. The highest BCUT2D eigenvalue weighted by atomic mass is 35.5. The number of rotatable bonds is 3. The van der Waals surface area contributed by atoms with Crippen molar-refractivity contribution in [2.24, 2.45) is 5.41 Å². The lowest BCUT2D eigenvalue weighted by Crippen LogP contribution is -2.43. The van der Waals surface area contributed by atoms with Gasteiger partial charge in [0, 0.05) is 12.1 Å². The molecule has 0 bridgehead atoms. The summed E-state index contributed by atoms with van der Waals surface area (Å²) in [6.45, 7) is 6.52. The van der Waals surface area contributed by atoms with Crippen molar-refractivity contribution in [2.45, 2.75) is 58.2 Å². The molecular formula is C17H25ClO2. The monoisotopic (exact) mass is 296 g/mol. The van der Waals surface area contributed by atoms with E-state index in [4.69, 9.17) is 16.3 Å². The lowest BCUT2D eigenvalue weighted by molar-refractivity contribution is -0.138. The molecule has 2 rings (SSSR count). The van der Waals surface area contributed by atoms with Crippen LogP contribution in [-0.2, 0) is 4.74 Å². The third-order valence-electron chi connectivity index (χ3n) is 4.87. The zero-order valence-corrected chi connectivity index (χ0v) is 13.6. The van der Waals surface area contributed by atoms with Gasteiger partial charge >= 0.3 is 0 Å². The predicted octanol–water partition coefficient (Wildman–Crippen LogP) is 4.67. The van der Waals surface area contributed by atoms with Crippen molar-refractivity contribution in [1.82, 2.24) is 0 Å². The zero-order valence-electron chi connectivity index (χ0n) is 12.9. The van der Waals surface area contributed by atoms with Crippen LogP contribution in [0.15, 0.2) is 18.2 Å². The van der Waals surface area contributed by atoms with E-state index in [1.807, 2.05) is 25.1 Å². The van der Waals surface area contributed by atoms with Gasteiger partial charge in [0.2, 0.25) is 0 Å². The van der Waals surface area contributed by atoms with Gasteiger partial charge in [-0.1, -0.05) is 37.6 Å². The van der Waals surface area contributed by atoms with Crippen LogP contribution in [0.25, 0.3) is 0 Å². The first-order valence-electron chi connectivity index (χ1n) is 7.29. The van der Waals surface area contributed by atoms with Crippen LogP contribution in [0.2, 0.25) is 5.02 Å². The van der Waals surface area contributed by atoms with Crippen LogP contribution in [0.1, 0.15) is 56.8 Å². The molecule has 3 heteroatoms. The van der Waals surface area contributed by atoms with Gasteiger partial charge in [-0.05, 0) is 55.2 Å². The Balaban J connectivity index is 2.25. The van der Waals surface area contributed by atoms with Crippen molar-refractivity contribution < 1.29 is 9.84 Å². The second kappa shape index (κ2) is 5.67. The molecule has 1 N–H and O–H groups in total. The number of aryl methyl sites for hydroxylation is 1. The van der Waals surface area contributed by atoms with E-state index < -0.39 is 11.7 Å². The first-order chi connectivity index (χ1) is 9.30. The number of ether oxygens (including phenoxy) is 1. The molecule has 1 saturated carbocycles. The van der Waals surface area contributed by atoms with Crippen molar-refractivity contribution in [2.75, 3.05) is 7.11 Å². The van der Waals surface area contributed by atoms with Crippen LogP contribution < -0.4 is 0 Å². The molecule has 1 aliphatic carbocycles. The Morgan fingerprint density at radius 1 is 1.20 bits per heavy atom. The molecular weight excluding hydrogens is 272 g/mol. The fourth-order valence-electron chi connectivity index (χ4n) is 3.02. The van der Waals surface area contributed by atoms with Crippen molar-refractivity contribution in [1.29, 1.82) is 0 Å². The minimum atomic E-state index is -0.623. The maximum Gasteiger partial charge on any atom is 0.108 e. The maximum atomic E-state index is 10.8. The topological polar surface area (TPSA) is 29.5 Å². The van der Waals surface area contributed by atoms with Gasteiger partial charge in [-0.15, -0.1) is 0 Å². The number of benzene rings is 1. The molecule has 1 fully saturated rings. The molecule has 1 atom stereocenters. The quantitative estimate of drug-likeness (QED) is 0.878. The molecule has 0 heterocycles. The van der Waals surface area contributed by atoms with Crippen molar-refractivity contribution >= 4 is 11.6 Å². The average molecular weight is 297 g/mol. The number of aliphatic hydroxyl groups is 1. The zero-order chi connectivity index (χ0) is 15.0. The van der Waals surface area contributed by atoms with Crippen molar-refractivity contribution in [3.63, 3.8) is 0 Å². The second-order valence-electron chi connectivity index (χ2n) is 6.84. The molecule has 0 amide bonds. The lowest BCUT2D eigenvalue weighted by atomic mass is 9.68. The van der Waals surface area contributed by atoms with E-state index in [0.29, 0.717) is 10.4 Å². The molecule has 1 aromatic rings. The predicted molar refractivity (Wildman–Crippen MR) is 83.1 cm³/mol. The summed E-state index contributed by atoms with van der Waals surface area (Å²) in [5.41, 5.74) is 1.74. The highest BCUT2D eigenvalue weighted by molar-refractivity contribution is 6.31. The number of hydrogen-bond acceptors (Lipinski definition) is 2. The van der Waals surface area contributed by atoms with Gasteiger partial charge in [0.15, 0.2) is 0 Å².